The summed E-state index contributed by atoms with van der Waals surface area (Å²) in [6, 6.07) is 21.5. The molecule has 1 N–H and O–H groups in total. The van der Waals surface area contributed by atoms with Crippen molar-refractivity contribution in [3.05, 3.63) is 96.1 Å². The second-order valence-electron chi connectivity index (χ2n) is 24.3. The molecule has 0 unspecified atom stereocenters. The first kappa shape index (κ1) is 51.5. The van der Waals surface area contributed by atoms with Gasteiger partial charge in [0.1, 0.15) is 0 Å². The normalized spacial score (nSPS) is 27.3. The van der Waals surface area contributed by atoms with Gasteiger partial charge in [-0.1, -0.05) is 161 Å². The molecule has 3 aliphatic rings. The topological polar surface area (TPSA) is 47.9 Å². The zero-order chi connectivity index (χ0) is 46.2. The highest BCUT2D eigenvalue weighted by atomic mass is 32.2. The van der Waals surface area contributed by atoms with Crippen LogP contribution in [0.3, 0.4) is 0 Å². The molecule has 7 atom stereocenters. The van der Waals surface area contributed by atoms with Crippen molar-refractivity contribution in [2.75, 3.05) is 18.1 Å². The average Bonchev–Trinajstić information content (AvgIpc) is 3.52. The Morgan fingerprint density at radius 2 is 1.35 bits per heavy atom. The number of benzene rings is 2. The molecule has 2 aromatic rings. The molecular formula is C54H88O4SSi3. The number of aliphatic hydroxyl groups is 1. The largest absolute Gasteiger partial charge is 0.413 e. The number of fused-ring (bicyclic) bond motifs is 1. The summed E-state index contributed by atoms with van der Waals surface area (Å²) in [6.07, 6.45) is 13.2. The summed E-state index contributed by atoms with van der Waals surface area (Å²) in [5, 5.41) is 14.6. The van der Waals surface area contributed by atoms with Crippen LogP contribution in [0.5, 0.6) is 0 Å². The fourth-order valence-electron chi connectivity index (χ4n) is 10.6. The highest BCUT2D eigenvalue weighted by Gasteiger charge is 2.53. The van der Waals surface area contributed by atoms with Crippen molar-refractivity contribution in [2.45, 2.75) is 187 Å². The smallest absolute Gasteiger partial charge is 0.261 e. The first-order valence-electron chi connectivity index (χ1n) is 24.0. The van der Waals surface area contributed by atoms with Gasteiger partial charge >= 0.3 is 0 Å². The summed E-state index contributed by atoms with van der Waals surface area (Å²) in [5.74, 6) is 3.57. The van der Waals surface area contributed by atoms with Gasteiger partial charge in [-0.2, -0.15) is 11.8 Å². The van der Waals surface area contributed by atoms with E-state index >= 15 is 0 Å². The van der Waals surface area contributed by atoms with Gasteiger partial charge < -0.3 is 18.4 Å². The standard InChI is InChI=1S/C54H88O4SSi3/c1-40(37-59-39-53(12,55)38-56-62(52(9,10)11,45-26-20-18-21-27-45)46-28-22-19-23-29-46)47-32-33-48-42(25-24-34-54(47,48)13)30-31-43-35-44(57-60(14,15)50(3,4)5)36-49(41(43)2)58-61(16,17)51(6,7)8/h18-23,26-31,40,44,47-49,55H,2,24-25,32-39H2,1,3-17H3/b42-30+,43-31+/t40-,44-,47-,48+,49+,53+,54-/m1/s1. The van der Waals surface area contributed by atoms with E-state index in [2.05, 4.69) is 175 Å². The third kappa shape index (κ3) is 11.4. The third-order valence-corrected chi connectivity index (χ3v) is 31.9. The van der Waals surface area contributed by atoms with Crippen molar-refractivity contribution in [3.63, 3.8) is 0 Å². The molecule has 5 rings (SSSR count). The SMILES string of the molecule is C=C1/C(=C/C=C2\CCC[C@]3(C)[C@@H]([C@H](C)CSC[C@@](C)(O)CO[Si](c4ccccc4)(c4ccccc4)C(C)(C)C)CC[C@@H]23)C[C@@H](O[Si](C)(C)C(C)(C)C)C[C@@H]1O[Si](C)(C)C(C)(C)C. The van der Waals surface area contributed by atoms with Gasteiger partial charge in [-0.05, 0) is 137 Å². The first-order valence-corrected chi connectivity index (χ1v) is 32.9. The quantitative estimate of drug-likeness (QED) is 0.180. The lowest BCUT2D eigenvalue weighted by Crippen LogP contribution is -2.67. The maximum Gasteiger partial charge on any atom is 0.261 e. The van der Waals surface area contributed by atoms with Gasteiger partial charge in [0.15, 0.2) is 16.6 Å². The van der Waals surface area contributed by atoms with Crippen LogP contribution in [0, 0.1) is 23.2 Å². The second-order valence-corrected chi connectivity index (χ2v) is 39.2. The summed E-state index contributed by atoms with van der Waals surface area (Å²) >= 11 is 1.92. The van der Waals surface area contributed by atoms with Crippen LogP contribution in [0.4, 0.5) is 0 Å². The fraction of sp³-hybridized carbons (Fsp3) is 0.667. The summed E-state index contributed by atoms with van der Waals surface area (Å²) < 4.78 is 21.5. The van der Waals surface area contributed by atoms with Crippen molar-refractivity contribution < 1.29 is 18.4 Å². The minimum atomic E-state index is -2.73. The van der Waals surface area contributed by atoms with E-state index in [1.54, 1.807) is 5.57 Å². The van der Waals surface area contributed by atoms with Crippen LogP contribution in [0.2, 0.25) is 41.3 Å². The molecule has 0 heterocycles. The maximum absolute atomic E-state index is 11.9. The van der Waals surface area contributed by atoms with Crippen LogP contribution in [0.15, 0.2) is 96.1 Å². The molecule has 2 aromatic carbocycles. The lowest BCUT2D eigenvalue weighted by Gasteiger charge is -2.46. The van der Waals surface area contributed by atoms with Crippen LogP contribution in [0.25, 0.3) is 0 Å². The van der Waals surface area contributed by atoms with Gasteiger partial charge in [-0.3, -0.25) is 0 Å². The molecule has 0 bridgehead atoms. The van der Waals surface area contributed by atoms with Crippen molar-refractivity contribution in [1.29, 1.82) is 0 Å². The summed E-state index contributed by atoms with van der Waals surface area (Å²) in [7, 11) is -6.73. The number of rotatable bonds is 15. The molecule has 0 aromatic heterocycles. The van der Waals surface area contributed by atoms with E-state index in [1.165, 1.54) is 53.6 Å². The monoisotopic (exact) mass is 917 g/mol. The van der Waals surface area contributed by atoms with Gasteiger partial charge in [-0.15, -0.1) is 0 Å². The van der Waals surface area contributed by atoms with Gasteiger partial charge in [0.25, 0.3) is 8.32 Å². The van der Waals surface area contributed by atoms with E-state index < -0.39 is 30.6 Å². The van der Waals surface area contributed by atoms with Crippen LogP contribution >= 0.6 is 11.8 Å². The van der Waals surface area contributed by atoms with Crippen LogP contribution < -0.4 is 10.4 Å². The second kappa shape index (κ2) is 19.4. The summed E-state index contributed by atoms with van der Waals surface area (Å²) in [5.41, 5.74) is 3.49. The lowest BCUT2D eigenvalue weighted by atomic mass is 9.61. The Kier molecular flexibility index (Phi) is 16.1. The highest BCUT2D eigenvalue weighted by molar-refractivity contribution is 7.99. The first-order chi connectivity index (χ1) is 28.5. The van der Waals surface area contributed by atoms with E-state index in [4.69, 9.17) is 19.9 Å². The molecular weight excluding hydrogens is 829 g/mol. The van der Waals surface area contributed by atoms with Crippen molar-refractivity contribution >= 4 is 47.1 Å². The molecule has 0 radical (unpaired) electrons. The van der Waals surface area contributed by atoms with Crippen LogP contribution in [0.1, 0.15) is 128 Å². The molecule has 0 aliphatic heterocycles. The Hall–Kier alpha value is -1.50. The fourth-order valence-corrected chi connectivity index (χ4v) is 19.2. The van der Waals surface area contributed by atoms with E-state index in [0.717, 1.165) is 18.6 Å². The Morgan fingerprint density at radius 3 is 1.89 bits per heavy atom. The van der Waals surface area contributed by atoms with Crippen molar-refractivity contribution in [3.8, 4) is 0 Å². The van der Waals surface area contributed by atoms with Crippen LogP contribution in [-0.4, -0.2) is 66.0 Å². The number of allylic oxidation sites excluding steroid dienone is 3. The van der Waals surface area contributed by atoms with E-state index in [9.17, 15) is 5.11 Å². The van der Waals surface area contributed by atoms with E-state index in [1.807, 2.05) is 18.7 Å². The molecule has 3 fully saturated rings. The molecule has 0 saturated heterocycles. The molecule has 3 saturated carbocycles. The van der Waals surface area contributed by atoms with Crippen LogP contribution in [-0.2, 0) is 13.3 Å². The molecule has 0 amide bonds. The lowest BCUT2D eigenvalue weighted by molar-refractivity contribution is 0.0289. The molecule has 4 nitrogen and oxygen atoms in total. The predicted octanol–water partition coefficient (Wildman–Crippen LogP) is 13.9. The van der Waals surface area contributed by atoms with Gasteiger partial charge in [0, 0.05) is 12.2 Å². The predicted molar refractivity (Wildman–Crippen MR) is 278 cm³/mol. The Bertz CT molecular complexity index is 1830. The number of thioether (sulfide) groups is 1. The highest BCUT2D eigenvalue weighted by Crippen LogP contribution is 2.60. The molecule has 3 aliphatic carbocycles. The zero-order valence-electron chi connectivity index (χ0n) is 42.2. The Morgan fingerprint density at radius 1 is 0.806 bits per heavy atom. The van der Waals surface area contributed by atoms with E-state index in [-0.39, 0.29) is 27.3 Å². The van der Waals surface area contributed by atoms with Gasteiger partial charge in [0.05, 0.1) is 24.4 Å². The minimum absolute atomic E-state index is 0.00179. The summed E-state index contributed by atoms with van der Waals surface area (Å²) in [4.78, 5) is 0. The van der Waals surface area contributed by atoms with Crippen molar-refractivity contribution in [2.24, 2.45) is 23.2 Å². The molecule has 8 heteroatoms. The Labute approximate surface area is 388 Å². The van der Waals surface area contributed by atoms with Gasteiger partial charge in [0.2, 0.25) is 0 Å². The number of hydrogen-bond acceptors (Lipinski definition) is 5. The third-order valence-electron chi connectivity index (χ3n) is 16.3. The molecule has 62 heavy (non-hydrogen) atoms. The summed E-state index contributed by atoms with van der Waals surface area (Å²) in [6.45, 7) is 42.6. The minimum Gasteiger partial charge on any atom is -0.413 e. The zero-order valence-corrected chi connectivity index (χ0v) is 46.0. The molecule has 346 valence electrons. The van der Waals surface area contributed by atoms with E-state index in [0.29, 0.717) is 35.5 Å². The Balaban J connectivity index is 1.28. The maximum atomic E-state index is 11.9. The number of hydrogen-bond donors (Lipinski definition) is 1. The average molecular weight is 918 g/mol. The van der Waals surface area contributed by atoms with Crippen molar-refractivity contribution in [1.82, 2.24) is 0 Å². The molecule has 0 spiro atoms. The van der Waals surface area contributed by atoms with Gasteiger partial charge in [-0.25, -0.2) is 0 Å².